The van der Waals surface area contributed by atoms with Crippen molar-refractivity contribution in [2.75, 3.05) is 0 Å². The summed E-state index contributed by atoms with van der Waals surface area (Å²) in [7, 11) is 0. The van der Waals surface area contributed by atoms with E-state index < -0.39 is 0 Å². The summed E-state index contributed by atoms with van der Waals surface area (Å²) in [6.07, 6.45) is 0. The first-order valence-electron chi connectivity index (χ1n) is 22.9. The van der Waals surface area contributed by atoms with E-state index >= 15 is 0 Å². The van der Waals surface area contributed by atoms with E-state index in [9.17, 15) is 0 Å². The fourth-order valence-electron chi connectivity index (χ4n) is 9.80. The summed E-state index contributed by atoms with van der Waals surface area (Å²) < 4.78 is 4.90. The first-order valence-corrected chi connectivity index (χ1v) is 23.7. The number of rotatable bonds is 8. The Labute approximate surface area is 397 Å². The summed E-state index contributed by atoms with van der Waals surface area (Å²) in [6.45, 7) is 0. The fraction of sp³-hybridized carbons (Fsp3) is 0. The predicted molar refractivity (Wildman–Crippen MR) is 285 cm³/mol. The molecule has 0 saturated carbocycles. The Balaban J connectivity index is 1.05. The molecule has 0 aliphatic heterocycles. The Morgan fingerprint density at radius 1 is 0.265 bits per heavy atom. The third kappa shape index (κ3) is 6.96. The van der Waals surface area contributed by atoms with Gasteiger partial charge in [-0.2, -0.15) is 0 Å². The summed E-state index contributed by atoms with van der Waals surface area (Å²) in [4.78, 5) is 15.8. The second-order valence-corrected chi connectivity index (χ2v) is 18.2. The van der Waals surface area contributed by atoms with Gasteiger partial charge in [0.1, 0.15) is 0 Å². The van der Waals surface area contributed by atoms with Crippen molar-refractivity contribution in [2.45, 2.75) is 0 Å². The Morgan fingerprint density at radius 3 is 1.44 bits per heavy atom. The Bertz CT molecular complexity index is 3940. The number of benzene rings is 10. The average molecular weight is 885 g/mol. The van der Waals surface area contributed by atoms with E-state index in [-0.39, 0.29) is 0 Å². The molecule has 13 rings (SSSR count). The van der Waals surface area contributed by atoms with Crippen molar-refractivity contribution < 1.29 is 0 Å². The van der Waals surface area contributed by atoms with E-state index in [1.807, 2.05) is 47.7 Å². The van der Waals surface area contributed by atoms with Crippen LogP contribution in [0.2, 0.25) is 0 Å². The van der Waals surface area contributed by atoms with E-state index in [2.05, 4.69) is 211 Å². The number of hydrogen-bond donors (Lipinski definition) is 0. The minimum Gasteiger partial charge on any atom is -0.309 e. The van der Waals surface area contributed by atoms with Gasteiger partial charge in [-0.05, 0) is 99.1 Å². The summed E-state index contributed by atoms with van der Waals surface area (Å²) in [5, 5.41) is 4.96. The van der Waals surface area contributed by atoms with E-state index in [0.717, 1.165) is 61.3 Å². The first kappa shape index (κ1) is 39.6. The summed E-state index contributed by atoms with van der Waals surface area (Å²) in [6, 6.07) is 86.5. The number of para-hydroxylation sites is 2. The molecule has 0 amide bonds. The highest BCUT2D eigenvalue weighted by molar-refractivity contribution is 7.25. The van der Waals surface area contributed by atoms with Crippen LogP contribution in [0.25, 0.3) is 126 Å². The van der Waals surface area contributed by atoms with E-state index in [1.54, 1.807) is 0 Å². The van der Waals surface area contributed by atoms with Crippen molar-refractivity contribution in [1.82, 2.24) is 19.5 Å². The molecule has 0 aliphatic carbocycles. The van der Waals surface area contributed by atoms with Gasteiger partial charge in [0.2, 0.25) is 0 Å². The lowest BCUT2D eigenvalue weighted by atomic mass is 9.88. The molecule has 3 heterocycles. The quantitative estimate of drug-likeness (QED) is 0.153. The molecule has 0 N–H and O–H groups in total. The third-order valence-electron chi connectivity index (χ3n) is 13.1. The number of fused-ring (bicyclic) bond motifs is 6. The van der Waals surface area contributed by atoms with Gasteiger partial charge in [-0.3, -0.25) is 0 Å². The topological polar surface area (TPSA) is 43.6 Å². The van der Waals surface area contributed by atoms with Crippen molar-refractivity contribution in [3.63, 3.8) is 0 Å². The standard InChI is InChI=1S/C63H40N4S/c1-6-18-41(19-7-1)45-30-33-49(42-20-8-2-9-21-42)52(36-45)47-31-34-50(56(38-47)63-65-61(43-22-10-3-11-23-43)64-62(66-63)44-24-12-4-13-25-44)46-32-35-59-54(37-46)55-39-53-51-28-16-17-29-57(51)67(48-26-14-5-15-27-48)58(53)40-60(55)68-59/h1-40H. The van der Waals surface area contributed by atoms with Crippen LogP contribution in [0.4, 0.5) is 0 Å². The summed E-state index contributed by atoms with van der Waals surface area (Å²) >= 11 is 1.85. The molecule has 318 valence electrons. The molecule has 0 aliphatic rings. The van der Waals surface area contributed by atoms with Gasteiger partial charge in [-0.25, -0.2) is 15.0 Å². The largest absolute Gasteiger partial charge is 0.309 e. The lowest BCUT2D eigenvalue weighted by Gasteiger charge is -2.17. The first-order chi connectivity index (χ1) is 33.7. The van der Waals surface area contributed by atoms with Gasteiger partial charge >= 0.3 is 0 Å². The zero-order chi connectivity index (χ0) is 45.0. The second kappa shape index (κ2) is 16.6. The molecule has 13 aromatic rings. The maximum Gasteiger partial charge on any atom is 0.164 e. The lowest BCUT2D eigenvalue weighted by molar-refractivity contribution is 1.07. The summed E-state index contributed by atoms with van der Waals surface area (Å²) in [5.41, 5.74) is 15.3. The Morgan fingerprint density at radius 2 is 0.765 bits per heavy atom. The van der Waals surface area contributed by atoms with Gasteiger partial charge in [0.15, 0.2) is 17.5 Å². The molecule has 0 spiro atoms. The molecule has 0 saturated heterocycles. The molecular formula is C63H40N4S. The lowest BCUT2D eigenvalue weighted by Crippen LogP contribution is -2.01. The molecule has 0 unspecified atom stereocenters. The number of hydrogen-bond acceptors (Lipinski definition) is 4. The van der Waals surface area contributed by atoms with E-state index in [1.165, 1.54) is 47.5 Å². The van der Waals surface area contributed by atoms with Gasteiger partial charge in [0, 0.05) is 53.3 Å². The van der Waals surface area contributed by atoms with Crippen LogP contribution >= 0.6 is 11.3 Å². The highest BCUT2D eigenvalue weighted by atomic mass is 32.1. The van der Waals surface area contributed by atoms with Crippen molar-refractivity contribution in [3.8, 4) is 84.4 Å². The van der Waals surface area contributed by atoms with Crippen molar-refractivity contribution in [1.29, 1.82) is 0 Å². The molecule has 4 nitrogen and oxygen atoms in total. The molecule has 0 radical (unpaired) electrons. The van der Waals surface area contributed by atoms with E-state index in [0.29, 0.717) is 17.5 Å². The normalized spacial score (nSPS) is 11.5. The molecule has 5 heteroatoms. The highest BCUT2D eigenvalue weighted by Gasteiger charge is 2.21. The molecule has 0 atom stereocenters. The van der Waals surface area contributed by atoms with Gasteiger partial charge in [0.25, 0.3) is 0 Å². The maximum atomic E-state index is 5.34. The number of nitrogens with zero attached hydrogens (tertiary/aromatic N) is 4. The zero-order valence-corrected chi connectivity index (χ0v) is 37.6. The van der Waals surface area contributed by atoms with Crippen LogP contribution in [-0.2, 0) is 0 Å². The van der Waals surface area contributed by atoms with Gasteiger partial charge < -0.3 is 4.57 Å². The zero-order valence-electron chi connectivity index (χ0n) is 36.8. The second-order valence-electron chi connectivity index (χ2n) is 17.2. The summed E-state index contributed by atoms with van der Waals surface area (Å²) in [5.74, 6) is 1.86. The van der Waals surface area contributed by atoms with Gasteiger partial charge in [-0.1, -0.05) is 188 Å². The monoisotopic (exact) mass is 884 g/mol. The van der Waals surface area contributed by atoms with Crippen LogP contribution in [0.1, 0.15) is 0 Å². The molecular weight excluding hydrogens is 845 g/mol. The third-order valence-corrected chi connectivity index (χ3v) is 14.2. The minimum atomic E-state index is 0.612. The Kier molecular flexibility index (Phi) is 9.66. The van der Waals surface area contributed by atoms with E-state index in [4.69, 9.17) is 15.0 Å². The molecule has 0 fully saturated rings. The number of aromatic nitrogens is 4. The fourth-order valence-corrected chi connectivity index (χ4v) is 10.9. The molecule has 68 heavy (non-hydrogen) atoms. The molecule has 3 aromatic heterocycles. The van der Waals surface area contributed by atoms with Crippen molar-refractivity contribution in [2.24, 2.45) is 0 Å². The molecule has 10 aromatic carbocycles. The predicted octanol–water partition coefficient (Wildman–Crippen LogP) is 17.0. The van der Waals surface area contributed by atoms with Crippen LogP contribution in [0.15, 0.2) is 243 Å². The SMILES string of the molecule is c1ccc(-c2ccc(-c3ccccc3)c(-c3ccc(-c4ccc5sc6cc7c(cc6c5c4)c4ccccc4n7-c4ccccc4)c(-c4nc(-c5ccccc5)nc(-c5ccccc5)n4)c3)c2)cc1. The van der Waals surface area contributed by atoms with Crippen LogP contribution in [-0.4, -0.2) is 19.5 Å². The minimum absolute atomic E-state index is 0.612. The smallest absolute Gasteiger partial charge is 0.164 e. The van der Waals surface area contributed by atoms with Crippen molar-refractivity contribution >= 4 is 53.3 Å². The van der Waals surface area contributed by atoms with Gasteiger partial charge in [0.05, 0.1) is 11.0 Å². The van der Waals surface area contributed by atoms with Crippen LogP contribution in [0, 0.1) is 0 Å². The maximum absolute atomic E-state index is 5.34. The molecule has 0 bridgehead atoms. The van der Waals surface area contributed by atoms with Crippen LogP contribution in [0.3, 0.4) is 0 Å². The average Bonchev–Trinajstić information content (AvgIpc) is 3.95. The Hall–Kier alpha value is -8.77. The van der Waals surface area contributed by atoms with Crippen molar-refractivity contribution in [3.05, 3.63) is 243 Å². The number of thiophene rings is 1. The van der Waals surface area contributed by atoms with Crippen LogP contribution < -0.4 is 0 Å². The van der Waals surface area contributed by atoms with Crippen LogP contribution in [0.5, 0.6) is 0 Å². The van der Waals surface area contributed by atoms with Gasteiger partial charge in [-0.15, -0.1) is 11.3 Å². The highest BCUT2D eigenvalue weighted by Crippen LogP contribution is 2.45.